The lowest BCUT2D eigenvalue weighted by atomic mass is 9.86. The van der Waals surface area contributed by atoms with Crippen molar-refractivity contribution in [3.8, 4) is 17.9 Å². The highest BCUT2D eigenvalue weighted by Crippen LogP contribution is 2.46. The van der Waals surface area contributed by atoms with Crippen molar-refractivity contribution in [3.05, 3.63) is 75.5 Å². The SMILES string of the molecule is CC1=CC(=C(C#N)C#N)C=C(/C=C2\C=C(C)c3cc4c5c(c3O2)CCCN5CCC4)O1. The predicted molar refractivity (Wildman–Crippen MR) is 119 cm³/mol. The molecular weight excluding hydrogens is 386 g/mol. The number of hydrogen-bond donors (Lipinski definition) is 0. The van der Waals surface area contributed by atoms with Crippen LogP contribution in [0, 0.1) is 22.7 Å². The van der Waals surface area contributed by atoms with Gasteiger partial charge in [0.25, 0.3) is 0 Å². The molecule has 0 amide bonds. The van der Waals surface area contributed by atoms with Gasteiger partial charge in [-0.05, 0) is 75.0 Å². The lowest BCUT2D eigenvalue weighted by Crippen LogP contribution is -2.35. The lowest BCUT2D eigenvalue weighted by molar-refractivity contribution is 0.313. The van der Waals surface area contributed by atoms with Gasteiger partial charge in [-0.25, -0.2) is 0 Å². The Morgan fingerprint density at radius 3 is 2.58 bits per heavy atom. The van der Waals surface area contributed by atoms with Gasteiger partial charge < -0.3 is 14.4 Å². The fraction of sp³-hybridized carbons (Fsp3) is 0.308. The summed E-state index contributed by atoms with van der Waals surface area (Å²) in [6.45, 7) is 6.17. The third kappa shape index (κ3) is 3.33. The van der Waals surface area contributed by atoms with Crippen LogP contribution in [0.2, 0.25) is 0 Å². The van der Waals surface area contributed by atoms with Gasteiger partial charge in [0.05, 0.1) is 0 Å². The molecule has 0 atom stereocenters. The fourth-order valence-corrected chi connectivity index (χ4v) is 4.92. The van der Waals surface area contributed by atoms with E-state index >= 15 is 0 Å². The van der Waals surface area contributed by atoms with Crippen LogP contribution in [0.25, 0.3) is 5.57 Å². The van der Waals surface area contributed by atoms with Gasteiger partial charge >= 0.3 is 0 Å². The minimum Gasteiger partial charge on any atom is -0.462 e. The Morgan fingerprint density at radius 1 is 1.03 bits per heavy atom. The molecular formula is C26H23N3O2. The summed E-state index contributed by atoms with van der Waals surface area (Å²) in [5.41, 5.74) is 7.12. The molecule has 154 valence electrons. The molecule has 4 heterocycles. The molecule has 5 rings (SSSR count). The van der Waals surface area contributed by atoms with Crippen LogP contribution in [-0.2, 0) is 17.6 Å². The summed E-state index contributed by atoms with van der Waals surface area (Å²) in [4.78, 5) is 2.52. The van der Waals surface area contributed by atoms with Crippen LogP contribution in [0.5, 0.6) is 5.75 Å². The Bertz CT molecular complexity index is 1210. The fourth-order valence-electron chi connectivity index (χ4n) is 4.92. The molecule has 0 fully saturated rings. The Hall–Kier alpha value is -3.70. The topological polar surface area (TPSA) is 69.3 Å². The number of fused-ring (bicyclic) bond motifs is 2. The molecule has 5 nitrogen and oxygen atoms in total. The molecule has 0 saturated carbocycles. The van der Waals surface area contributed by atoms with Gasteiger partial charge in [-0.2, -0.15) is 10.5 Å². The van der Waals surface area contributed by atoms with E-state index in [4.69, 9.17) is 9.47 Å². The van der Waals surface area contributed by atoms with Gasteiger partial charge in [-0.1, -0.05) is 0 Å². The van der Waals surface area contributed by atoms with Gasteiger partial charge in [0, 0.05) is 41.6 Å². The van der Waals surface area contributed by atoms with Gasteiger partial charge in [0.2, 0.25) is 0 Å². The van der Waals surface area contributed by atoms with Crippen LogP contribution in [0.3, 0.4) is 0 Å². The van der Waals surface area contributed by atoms with E-state index in [1.807, 2.05) is 24.3 Å². The third-order valence-corrected chi connectivity index (χ3v) is 6.21. The van der Waals surface area contributed by atoms with E-state index in [0.29, 0.717) is 22.9 Å². The zero-order valence-electron chi connectivity index (χ0n) is 17.8. The quantitative estimate of drug-likeness (QED) is 0.594. The molecule has 0 aromatic heterocycles. The first-order valence-electron chi connectivity index (χ1n) is 10.7. The van der Waals surface area contributed by atoms with Gasteiger partial charge in [0.1, 0.15) is 40.7 Å². The van der Waals surface area contributed by atoms with E-state index in [1.165, 1.54) is 34.4 Å². The van der Waals surface area contributed by atoms with Crippen LogP contribution < -0.4 is 9.64 Å². The van der Waals surface area contributed by atoms with Crippen molar-refractivity contribution in [1.82, 2.24) is 0 Å². The van der Waals surface area contributed by atoms with Crippen LogP contribution >= 0.6 is 0 Å². The number of nitrogens with zero attached hydrogens (tertiary/aromatic N) is 3. The highest BCUT2D eigenvalue weighted by atomic mass is 16.5. The molecule has 0 aliphatic carbocycles. The highest BCUT2D eigenvalue weighted by molar-refractivity contribution is 5.81. The first kappa shape index (κ1) is 19.3. The Labute approximate surface area is 182 Å². The maximum atomic E-state index is 9.21. The molecule has 0 saturated heterocycles. The monoisotopic (exact) mass is 409 g/mol. The molecule has 1 aromatic rings. The van der Waals surface area contributed by atoms with Crippen LogP contribution in [0.1, 0.15) is 43.4 Å². The van der Waals surface area contributed by atoms with Crippen molar-refractivity contribution >= 4 is 11.3 Å². The molecule has 4 aliphatic rings. The largest absolute Gasteiger partial charge is 0.462 e. The van der Waals surface area contributed by atoms with Crippen molar-refractivity contribution in [2.24, 2.45) is 0 Å². The summed E-state index contributed by atoms with van der Waals surface area (Å²) in [5.74, 6) is 2.84. The van der Waals surface area contributed by atoms with Crippen molar-refractivity contribution in [3.63, 3.8) is 0 Å². The lowest BCUT2D eigenvalue weighted by Gasteiger charge is -2.39. The smallest absolute Gasteiger partial charge is 0.140 e. The number of nitriles is 2. The number of aryl methyl sites for hydroxylation is 1. The average molecular weight is 409 g/mol. The number of allylic oxidation sites excluding steroid dienone is 8. The summed E-state index contributed by atoms with van der Waals surface area (Å²) in [6, 6.07) is 6.20. The van der Waals surface area contributed by atoms with Gasteiger partial charge in [-0.15, -0.1) is 0 Å². The number of hydrogen-bond acceptors (Lipinski definition) is 5. The van der Waals surface area contributed by atoms with Gasteiger partial charge in [-0.3, -0.25) is 0 Å². The second-order valence-corrected chi connectivity index (χ2v) is 8.37. The van der Waals surface area contributed by atoms with Crippen molar-refractivity contribution in [1.29, 1.82) is 10.5 Å². The first-order valence-corrected chi connectivity index (χ1v) is 10.7. The summed E-state index contributed by atoms with van der Waals surface area (Å²) >= 11 is 0. The summed E-state index contributed by atoms with van der Waals surface area (Å²) < 4.78 is 12.3. The Balaban J connectivity index is 1.57. The molecule has 0 radical (unpaired) electrons. The normalized spacial score (nSPS) is 20.1. The molecule has 31 heavy (non-hydrogen) atoms. The maximum Gasteiger partial charge on any atom is 0.140 e. The molecule has 5 heteroatoms. The number of anilines is 1. The van der Waals surface area contributed by atoms with Crippen molar-refractivity contribution in [2.75, 3.05) is 18.0 Å². The molecule has 0 bridgehead atoms. The van der Waals surface area contributed by atoms with Crippen LogP contribution in [-0.4, -0.2) is 13.1 Å². The van der Waals surface area contributed by atoms with E-state index in [1.54, 1.807) is 19.1 Å². The van der Waals surface area contributed by atoms with E-state index in [2.05, 4.69) is 17.9 Å². The molecule has 0 unspecified atom stereocenters. The molecule has 0 spiro atoms. The van der Waals surface area contributed by atoms with E-state index in [0.717, 1.165) is 38.1 Å². The molecule has 1 aromatic carbocycles. The summed E-state index contributed by atoms with van der Waals surface area (Å²) in [7, 11) is 0. The predicted octanol–water partition coefficient (Wildman–Crippen LogP) is 5.23. The minimum atomic E-state index is 0.0660. The zero-order valence-corrected chi connectivity index (χ0v) is 17.8. The Morgan fingerprint density at radius 2 is 1.81 bits per heavy atom. The van der Waals surface area contributed by atoms with Crippen molar-refractivity contribution < 1.29 is 9.47 Å². The molecule has 4 aliphatic heterocycles. The van der Waals surface area contributed by atoms with Crippen LogP contribution in [0.4, 0.5) is 5.69 Å². The summed E-state index contributed by atoms with van der Waals surface area (Å²) in [5, 5.41) is 18.4. The van der Waals surface area contributed by atoms with E-state index < -0.39 is 0 Å². The minimum absolute atomic E-state index is 0.0660. The standard InChI is InChI=1S/C26H23N3O2/c1-16-9-21(13-22-11-19(10-17(2)30-22)20(14-27)15-28)31-26-23-6-4-8-29-7-3-5-18(25(23)29)12-24(16)26/h9-13H,3-8H2,1-2H3/b21-13+. The Kier molecular flexibility index (Phi) is 4.68. The first-order chi connectivity index (χ1) is 15.1. The van der Waals surface area contributed by atoms with E-state index in [9.17, 15) is 10.5 Å². The summed E-state index contributed by atoms with van der Waals surface area (Å²) in [6.07, 6.45) is 11.8. The molecule has 0 N–H and O–H groups in total. The highest BCUT2D eigenvalue weighted by Gasteiger charge is 2.30. The van der Waals surface area contributed by atoms with Crippen LogP contribution in [0.15, 0.2) is 58.8 Å². The van der Waals surface area contributed by atoms with Gasteiger partial charge in [0.15, 0.2) is 0 Å². The average Bonchev–Trinajstić information content (AvgIpc) is 2.75. The third-order valence-electron chi connectivity index (χ3n) is 6.21. The second-order valence-electron chi connectivity index (χ2n) is 8.37. The number of benzene rings is 1. The van der Waals surface area contributed by atoms with E-state index in [-0.39, 0.29) is 5.57 Å². The van der Waals surface area contributed by atoms with Crippen molar-refractivity contribution in [2.45, 2.75) is 39.5 Å². The number of ether oxygens (including phenoxy) is 2. The zero-order chi connectivity index (χ0) is 21.5. The number of rotatable bonds is 1. The second kappa shape index (κ2) is 7.52. The maximum absolute atomic E-state index is 9.21.